The molecule has 1 atom stereocenters. The van der Waals surface area contributed by atoms with Gasteiger partial charge in [0.2, 0.25) is 11.8 Å². The third-order valence-electron chi connectivity index (χ3n) is 3.99. The second-order valence-corrected chi connectivity index (χ2v) is 5.60. The molecule has 1 fully saturated rings. The zero-order chi connectivity index (χ0) is 15.4. The van der Waals surface area contributed by atoms with Crippen LogP contribution in [0.5, 0.6) is 0 Å². The second kappa shape index (κ2) is 6.75. The fourth-order valence-electron chi connectivity index (χ4n) is 3.00. The standard InChI is InChI=1S/C17H21N3O2/c1-2-9-20-10-4-7-15(20)16(21)19-14-6-3-5-13(12-14)17-18-8-11-22-17/h3,5-6,8,11-12,15H,2,4,7,9-10H2,1H3,(H,19,21)/t15-/m1/s1. The van der Waals surface area contributed by atoms with Crippen LogP contribution in [0.2, 0.25) is 0 Å². The van der Waals surface area contributed by atoms with E-state index >= 15 is 0 Å². The minimum absolute atomic E-state index is 0.00894. The van der Waals surface area contributed by atoms with Crippen LogP contribution in [0.3, 0.4) is 0 Å². The van der Waals surface area contributed by atoms with Crippen LogP contribution in [0.1, 0.15) is 26.2 Å². The minimum atomic E-state index is -0.00894. The minimum Gasteiger partial charge on any atom is -0.445 e. The number of carbonyl (C=O) groups is 1. The molecule has 1 aliphatic rings. The van der Waals surface area contributed by atoms with Crippen LogP contribution in [0.4, 0.5) is 5.69 Å². The van der Waals surface area contributed by atoms with Crippen molar-refractivity contribution in [3.05, 3.63) is 36.7 Å². The van der Waals surface area contributed by atoms with Gasteiger partial charge in [0, 0.05) is 11.3 Å². The van der Waals surface area contributed by atoms with Gasteiger partial charge in [-0.25, -0.2) is 4.98 Å². The predicted octanol–water partition coefficient (Wildman–Crippen LogP) is 3.15. The molecule has 5 heteroatoms. The largest absolute Gasteiger partial charge is 0.445 e. The number of likely N-dealkylation sites (tertiary alicyclic amines) is 1. The summed E-state index contributed by atoms with van der Waals surface area (Å²) < 4.78 is 5.30. The first-order valence-corrected chi connectivity index (χ1v) is 7.83. The highest BCUT2D eigenvalue weighted by Crippen LogP contribution is 2.23. The molecule has 116 valence electrons. The van der Waals surface area contributed by atoms with Gasteiger partial charge in [-0.1, -0.05) is 13.0 Å². The molecule has 0 radical (unpaired) electrons. The van der Waals surface area contributed by atoms with Crippen molar-refractivity contribution >= 4 is 11.6 Å². The fourth-order valence-corrected chi connectivity index (χ4v) is 3.00. The third-order valence-corrected chi connectivity index (χ3v) is 3.99. The number of nitrogens with zero attached hydrogens (tertiary/aromatic N) is 2. The first-order valence-electron chi connectivity index (χ1n) is 7.83. The van der Waals surface area contributed by atoms with E-state index < -0.39 is 0 Å². The molecule has 0 bridgehead atoms. The van der Waals surface area contributed by atoms with Gasteiger partial charge in [0.05, 0.1) is 12.2 Å². The Bertz CT molecular complexity index is 625. The number of nitrogens with one attached hydrogen (secondary N) is 1. The van der Waals surface area contributed by atoms with Crippen LogP contribution in [0, 0.1) is 0 Å². The van der Waals surface area contributed by atoms with Gasteiger partial charge in [0.1, 0.15) is 6.26 Å². The number of carbonyl (C=O) groups excluding carboxylic acids is 1. The monoisotopic (exact) mass is 299 g/mol. The molecule has 22 heavy (non-hydrogen) atoms. The Labute approximate surface area is 130 Å². The SMILES string of the molecule is CCCN1CCC[C@@H]1C(=O)Nc1cccc(-c2ncco2)c1. The Morgan fingerprint density at radius 1 is 1.50 bits per heavy atom. The summed E-state index contributed by atoms with van der Waals surface area (Å²) in [4.78, 5) is 18.9. The quantitative estimate of drug-likeness (QED) is 0.921. The molecule has 3 rings (SSSR count). The van der Waals surface area contributed by atoms with Gasteiger partial charge in [-0.3, -0.25) is 9.69 Å². The number of benzene rings is 1. The first kappa shape index (κ1) is 14.8. The van der Waals surface area contributed by atoms with E-state index in [1.54, 1.807) is 12.5 Å². The molecule has 2 aromatic rings. The molecule has 5 nitrogen and oxygen atoms in total. The Morgan fingerprint density at radius 3 is 3.18 bits per heavy atom. The van der Waals surface area contributed by atoms with E-state index in [4.69, 9.17) is 4.42 Å². The van der Waals surface area contributed by atoms with Gasteiger partial charge in [0.15, 0.2) is 0 Å². The summed E-state index contributed by atoms with van der Waals surface area (Å²) >= 11 is 0. The number of aromatic nitrogens is 1. The number of amides is 1. The highest BCUT2D eigenvalue weighted by atomic mass is 16.3. The van der Waals surface area contributed by atoms with Gasteiger partial charge in [-0.15, -0.1) is 0 Å². The van der Waals surface area contributed by atoms with Crippen LogP contribution < -0.4 is 5.32 Å². The van der Waals surface area contributed by atoms with Crippen molar-refractivity contribution in [2.24, 2.45) is 0 Å². The lowest BCUT2D eigenvalue weighted by molar-refractivity contribution is -0.120. The van der Waals surface area contributed by atoms with Crippen molar-refractivity contribution in [1.29, 1.82) is 0 Å². The highest BCUT2D eigenvalue weighted by Gasteiger charge is 2.29. The summed E-state index contributed by atoms with van der Waals surface area (Å²) in [6, 6.07) is 7.59. The Hall–Kier alpha value is -2.14. The lowest BCUT2D eigenvalue weighted by atomic mass is 10.1. The van der Waals surface area contributed by atoms with Crippen LogP contribution in [0.25, 0.3) is 11.5 Å². The summed E-state index contributed by atoms with van der Waals surface area (Å²) in [5.74, 6) is 0.639. The van der Waals surface area contributed by atoms with Crippen molar-refractivity contribution in [1.82, 2.24) is 9.88 Å². The number of anilines is 1. The molecular weight excluding hydrogens is 278 g/mol. The summed E-state index contributed by atoms with van der Waals surface area (Å²) in [6.07, 6.45) is 6.26. The molecule has 0 saturated carbocycles. The first-order chi connectivity index (χ1) is 10.8. The maximum atomic E-state index is 12.5. The molecule has 1 saturated heterocycles. The summed E-state index contributed by atoms with van der Waals surface area (Å²) in [5, 5.41) is 3.02. The molecule has 0 unspecified atom stereocenters. The average Bonchev–Trinajstić information content (AvgIpc) is 3.19. The third kappa shape index (κ3) is 3.20. The van der Waals surface area contributed by atoms with Crippen molar-refractivity contribution in [2.45, 2.75) is 32.2 Å². The Kier molecular flexibility index (Phi) is 4.53. The van der Waals surface area contributed by atoms with Crippen molar-refractivity contribution in [3.8, 4) is 11.5 Å². The summed E-state index contributed by atoms with van der Waals surface area (Å²) in [6.45, 7) is 4.14. The van der Waals surface area contributed by atoms with Crippen LogP contribution >= 0.6 is 0 Å². The van der Waals surface area contributed by atoms with Crippen LogP contribution in [-0.4, -0.2) is 34.9 Å². The van der Waals surface area contributed by atoms with Gasteiger partial charge >= 0.3 is 0 Å². The van der Waals surface area contributed by atoms with Crippen molar-refractivity contribution < 1.29 is 9.21 Å². The number of oxazole rings is 1. The molecule has 1 aromatic heterocycles. The van der Waals surface area contributed by atoms with E-state index in [0.717, 1.165) is 43.6 Å². The molecule has 1 aromatic carbocycles. The summed E-state index contributed by atoms with van der Waals surface area (Å²) in [5.41, 5.74) is 1.64. The van der Waals surface area contributed by atoms with Crippen molar-refractivity contribution in [2.75, 3.05) is 18.4 Å². The number of rotatable bonds is 5. The van der Waals surface area contributed by atoms with E-state index in [2.05, 4.69) is 22.1 Å². The van der Waals surface area contributed by atoms with Gasteiger partial charge < -0.3 is 9.73 Å². The zero-order valence-corrected chi connectivity index (χ0v) is 12.8. The average molecular weight is 299 g/mol. The summed E-state index contributed by atoms with van der Waals surface area (Å²) in [7, 11) is 0. The lowest BCUT2D eigenvalue weighted by Gasteiger charge is -2.23. The molecule has 1 N–H and O–H groups in total. The molecular formula is C17H21N3O2. The predicted molar refractivity (Wildman–Crippen MR) is 85.5 cm³/mol. The van der Waals surface area contributed by atoms with E-state index in [1.807, 2.05) is 24.3 Å². The molecule has 0 spiro atoms. The van der Waals surface area contributed by atoms with E-state index in [1.165, 1.54) is 0 Å². The van der Waals surface area contributed by atoms with Gasteiger partial charge in [0.25, 0.3) is 0 Å². The van der Waals surface area contributed by atoms with Crippen LogP contribution in [-0.2, 0) is 4.79 Å². The van der Waals surface area contributed by atoms with Crippen LogP contribution in [0.15, 0.2) is 41.1 Å². The number of hydrogen-bond acceptors (Lipinski definition) is 4. The molecule has 1 amide bonds. The highest BCUT2D eigenvalue weighted by molar-refractivity contribution is 5.95. The van der Waals surface area contributed by atoms with E-state index in [9.17, 15) is 4.79 Å². The maximum Gasteiger partial charge on any atom is 0.241 e. The molecule has 2 heterocycles. The van der Waals surface area contributed by atoms with Gasteiger partial charge in [-0.05, 0) is 50.6 Å². The second-order valence-electron chi connectivity index (χ2n) is 5.60. The van der Waals surface area contributed by atoms with E-state index in [-0.39, 0.29) is 11.9 Å². The Morgan fingerprint density at radius 2 is 2.41 bits per heavy atom. The smallest absolute Gasteiger partial charge is 0.241 e. The zero-order valence-electron chi connectivity index (χ0n) is 12.8. The topological polar surface area (TPSA) is 58.4 Å². The lowest BCUT2D eigenvalue weighted by Crippen LogP contribution is -2.39. The van der Waals surface area contributed by atoms with Crippen molar-refractivity contribution in [3.63, 3.8) is 0 Å². The maximum absolute atomic E-state index is 12.5. The molecule has 1 aliphatic heterocycles. The normalized spacial score (nSPS) is 18.5. The fraction of sp³-hybridized carbons (Fsp3) is 0.412. The van der Waals surface area contributed by atoms with Gasteiger partial charge in [-0.2, -0.15) is 0 Å². The number of hydrogen-bond donors (Lipinski definition) is 1. The Balaban J connectivity index is 1.70. The van der Waals surface area contributed by atoms with E-state index in [0.29, 0.717) is 5.89 Å². The molecule has 0 aliphatic carbocycles.